The van der Waals surface area contributed by atoms with Crippen molar-refractivity contribution in [3.05, 3.63) is 59.2 Å². The number of hydrogen-bond acceptors (Lipinski definition) is 10. The number of carbonyl (C=O) groups is 2. The third-order valence-electron chi connectivity index (χ3n) is 8.30. The van der Waals surface area contributed by atoms with Gasteiger partial charge in [0.25, 0.3) is 0 Å². The van der Waals surface area contributed by atoms with E-state index in [0.717, 1.165) is 44.2 Å². The van der Waals surface area contributed by atoms with E-state index in [-0.39, 0.29) is 29.6 Å². The standard InChI is InChI=1S/C33H48N4O8/c1-2-3-11-29(26-8-5-10-28(35-26)33(40)41)37-16-19-43-23-22-42-18-14-36(24-25-7-4-9-27(34-25)32(38)39)15-20-44-30-12-6-13-31(30)45-21-17-37/h4-5,7-10,29-31H,2-3,6,11-24H2,1H3,(H,38,39)(H,40,41). The van der Waals surface area contributed by atoms with Gasteiger partial charge < -0.3 is 29.2 Å². The molecule has 1 aliphatic heterocycles. The van der Waals surface area contributed by atoms with Crippen LogP contribution >= 0.6 is 0 Å². The van der Waals surface area contributed by atoms with Crippen molar-refractivity contribution in [1.82, 2.24) is 19.8 Å². The van der Waals surface area contributed by atoms with Gasteiger partial charge >= 0.3 is 11.9 Å². The molecular formula is C33H48N4O8. The first kappa shape index (κ1) is 34.9. The molecule has 0 spiro atoms. The van der Waals surface area contributed by atoms with Crippen molar-refractivity contribution < 1.29 is 38.7 Å². The second-order valence-electron chi connectivity index (χ2n) is 11.5. The molecule has 0 bridgehead atoms. The van der Waals surface area contributed by atoms with Gasteiger partial charge in [-0.15, -0.1) is 0 Å². The van der Waals surface area contributed by atoms with Crippen molar-refractivity contribution in [3.8, 4) is 0 Å². The number of carboxylic acid groups (broad SMARTS) is 2. The summed E-state index contributed by atoms with van der Waals surface area (Å²) in [5, 5.41) is 18.9. The lowest BCUT2D eigenvalue weighted by Gasteiger charge is -2.32. The van der Waals surface area contributed by atoms with Crippen LogP contribution in [0.5, 0.6) is 0 Å². The molecule has 2 aromatic rings. The maximum Gasteiger partial charge on any atom is 0.354 e. The molecule has 3 unspecified atom stereocenters. The monoisotopic (exact) mass is 628 g/mol. The number of fused-ring (bicyclic) bond motifs is 1. The van der Waals surface area contributed by atoms with Crippen molar-refractivity contribution >= 4 is 11.9 Å². The molecule has 2 aromatic heterocycles. The molecular weight excluding hydrogens is 580 g/mol. The molecule has 0 aromatic carbocycles. The zero-order valence-corrected chi connectivity index (χ0v) is 26.3. The number of rotatable bonds is 9. The van der Waals surface area contributed by atoms with Gasteiger partial charge in [-0.25, -0.2) is 19.6 Å². The fraction of sp³-hybridized carbons (Fsp3) is 0.636. The smallest absolute Gasteiger partial charge is 0.354 e. The van der Waals surface area contributed by atoms with E-state index in [1.807, 2.05) is 12.1 Å². The van der Waals surface area contributed by atoms with Gasteiger partial charge in [0.15, 0.2) is 0 Å². The minimum atomic E-state index is -1.04. The second kappa shape index (κ2) is 18.8. The first-order valence-corrected chi connectivity index (χ1v) is 16.2. The molecule has 3 heterocycles. The predicted octanol–water partition coefficient (Wildman–Crippen LogP) is 3.91. The van der Waals surface area contributed by atoms with Crippen molar-refractivity contribution in [2.24, 2.45) is 0 Å². The van der Waals surface area contributed by atoms with E-state index in [1.165, 1.54) is 12.1 Å². The van der Waals surface area contributed by atoms with Gasteiger partial charge in [0.2, 0.25) is 0 Å². The summed E-state index contributed by atoms with van der Waals surface area (Å²) in [6.45, 7) is 8.17. The number of aromatic nitrogens is 2. The van der Waals surface area contributed by atoms with Gasteiger partial charge in [-0.2, -0.15) is 0 Å². The van der Waals surface area contributed by atoms with Crippen molar-refractivity contribution in [3.63, 3.8) is 0 Å². The molecule has 0 radical (unpaired) electrons. The van der Waals surface area contributed by atoms with E-state index in [1.54, 1.807) is 12.1 Å². The summed E-state index contributed by atoms with van der Waals surface area (Å²) in [6.07, 6.45) is 5.83. The van der Waals surface area contributed by atoms with E-state index < -0.39 is 11.9 Å². The Labute approximate surface area is 265 Å². The van der Waals surface area contributed by atoms with Crippen LogP contribution in [0.25, 0.3) is 0 Å². The van der Waals surface area contributed by atoms with Crippen molar-refractivity contribution in [2.45, 2.75) is 70.2 Å². The third-order valence-corrected chi connectivity index (χ3v) is 8.30. The van der Waals surface area contributed by atoms with Crippen LogP contribution in [0.4, 0.5) is 0 Å². The molecule has 1 aliphatic carbocycles. The molecule has 1 saturated carbocycles. The molecule has 45 heavy (non-hydrogen) atoms. The average molecular weight is 629 g/mol. The first-order valence-electron chi connectivity index (χ1n) is 16.2. The number of unbranched alkanes of at least 4 members (excludes halogenated alkanes) is 1. The summed E-state index contributed by atoms with van der Waals surface area (Å²) in [5.74, 6) is -2.07. The summed E-state index contributed by atoms with van der Waals surface area (Å²) < 4.78 is 24.6. The Morgan fingerprint density at radius 1 is 0.822 bits per heavy atom. The molecule has 2 fully saturated rings. The van der Waals surface area contributed by atoms with Gasteiger partial charge in [-0.3, -0.25) is 9.80 Å². The van der Waals surface area contributed by atoms with Crippen LogP contribution in [-0.4, -0.2) is 120 Å². The molecule has 12 nitrogen and oxygen atoms in total. The Balaban J connectivity index is 1.41. The zero-order chi connectivity index (χ0) is 31.9. The van der Waals surface area contributed by atoms with Gasteiger partial charge in [0, 0.05) is 32.7 Å². The van der Waals surface area contributed by atoms with Gasteiger partial charge in [-0.05, 0) is 49.9 Å². The molecule has 2 aliphatic rings. The Kier molecular flexibility index (Phi) is 14.6. The van der Waals surface area contributed by atoms with Crippen LogP contribution in [0, 0.1) is 0 Å². The quantitative estimate of drug-likeness (QED) is 0.416. The molecule has 0 amide bonds. The first-order chi connectivity index (χ1) is 21.9. The fourth-order valence-electron chi connectivity index (χ4n) is 5.91. The van der Waals surface area contributed by atoms with Crippen LogP contribution < -0.4 is 0 Å². The maximum atomic E-state index is 11.7. The lowest BCUT2D eigenvalue weighted by atomic mass is 10.0. The number of carboxylic acids is 2. The van der Waals surface area contributed by atoms with E-state index in [4.69, 9.17) is 18.9 Å². The third kappa shape index (κ3) is 11.4. The molecule has 4 rings (SSSR count). The minimum absolute atomic E-state index is 0.00948. The van der Waals surface area contributed by atoms with Gasteiger partial charge in [-0.1, -0.05) is 31.9 Å². The lowest BCUT2D eigenvalue weighted by Crippen LogP contribution is -2.38. The highest BCUT2D eigenvalue weighted by molar-refractivity contribution is 5.85. The number of nitrogens with zero attached hydrogens (tertiary/aromatic N) is 4. The lowest BCUT2D eigenvalue weighted by molar-refractivity contribution is -0.0688. The van der Waals surface area contributed by atoms with Crippen molar-refractivity contribution in [1.29, 1.82) is 0 Å². The summed E-state index contributed by atoms with van der Waals surface area (Å²) in [7, 11) is 0. The van der Waals surface area contributed by atoms with E-state index in [2.05, 4.69) is 26.7 Å². The summed E-state index contributed by atoms with van der Waals surface area (Å²) in [5.41, 5.74) is 1.53. The molecule has 2 N–H and O–H groups in total. The van der Waals surface area contributed by atoms with Crippen LogP contribution in [0.1, 0.15) is 83.9 Å². The van der Waals surface area contributed by atoms with E-state index in [0.29, 0.717) is 78.1 Å². The maximum absolute atomic E-state index is 11.7. The largest absolute Gasteiger partial charge is 0.477 e. The summed E-state index contributed by atoms with van der Waals surface area (Å²) >= 11 is 0. The Bertz CT molecular complexity index is 1200. The topological polar surface area (TPSA) is 144 Å². The van der Waals surface area contributed by atoms with Crippen LogP contribution in [0.3, 0.4) is 0 Å². The average Bonchev–Trinajstić information content (AvgIpc) is 3.48. The SMILES string of the molecule is CCCCC(c1cccc(C(=O)O)n1)N1CCOCCOCCN(Cc2cccc(C(=O)O)n2)CCOC2CCCC2OCC1. The van der Waals surface area contributed by atoms with E-state index in [9.17, 15) is 19.8 Å². The zero-order valence-electron chi connectivity index (χ0n) is 26.3. The van der Waals surface area contributed by atoms with Crippen molar-refractivity contribution in [2.75, 3.05) is 65.8 Å². The van der Waals surface area contributed by atoms with Gasteiger partial charge in [0.1, 0.15) is 11.4 Å². The molecule has 12 heteroatoms. The highest BCUT2D eigenvalue weighted by atomic mass is 16.5. The highest BCUT2D eigenvalue weighted by Crippen LogP contribution is 2.27. The van der Waals surface area contributed by atoms with Crippen LogP contribution in [0.15, 0.2) is 36.4 Å². The fourth-order valence-corrected chi connectivity index (χ4v) is 5.91. The van der Waals surface area contributed by atoms with Crippen LogP contribution in [0.2, 0.25) is 0 Å². The van der Waals surface area contributed by atoms with Crippen LogP contribution in [-0.2, 0) is 25.5 Å². The Morgan fingerprint density at radius 2 is 1.42 bits per heavy atom. The molecule has 3 atom stereocenters. The van der Waals surface area contributed by atoms with Gasteiger partial charge in [0.05, 0.1) is 69.3 Å². The minimum Gasteiger partial charge on any atom is -0.477 e. The second-order valence-corrected chi connectivity index (χ2v) is 11.5. The number of aromatic carboxylic acids is 2. The molecule has 1 saturated heterocycles. The number of pyridine rings is 2. The summed E-state index contributed by atoms with van der Waals surface area (Å²) in [4.78, 5) is 36.3. The highest BCUT2D eigenvalue weighted by Gasteiger charge is 2.30. The number of ether oxygens (including phenoxy) is 4. The Morgan fingerprint density at radius 3 is 2.11 bits per heavy atom. The van der Waals surface area contributed by atoms with E-state index >= 15 is 0 Å². The summed E-state index contributed by atoms with van der Waals surface area (Å²) in [6, 6.07) is 10.2. The predicted molar refractivity (Wildman–Crippen MR) is 166 cm³/mol. The number of hydrogen-bond donors (Lipinski definition) is 2. The normalized spacial score (nSPS) is 22.6. The Hall–Kier alpha value is -3.00. The molecule has 248 valence electrons.